The van der Waals surface area contributed by atoms with Gasteiger partial charge in [0.05, 0.1) is 29.9 Å². The Morgan fingerprint density at radius 3 is 2.62 bits per heavy atom. The second kappa shape index (κ2) is 9.89. The van der Waals surface area contributed by atoms with Gasteiger partial charge >= 0.3 is 0 Å². The number of ether oxygens (including phenoxy) is 2. The van der Waals surface area contributed by atoms with Crippen LogP contribution >= 0.6 is 11.6 Å². The van der Waals surface area contributed by atoms with Crippen molar-refractivity contribution in [1.29, 1.82) is 0 Å². The summed E-state index contributed by atoms with van der Waals surface area (Å²) in [5.41, 5.74) is 0.880. The van der Waals surface area contributed by atoms with Crippen LogP contribution in [0.2, 0.25) is 5.02 Å². The van der Waals surface area contributed by atoms with Crippen molar-refractivity contribution in [2.45, 2.75) is 6.10 Å². The molecule has 0 spiro atoms. The minimum absolute atomic E-state index is 0.224. The van der Waals surface area contributed by atoms with Gasteiger partial charge in [-0.05, 0) is 30.3 Å². The normalized spacial score (nSPS) is 15.9. The minimum atomic E-state index is -0.430. The zero-order valence-corrected chi connectivity index (χ0v) is 17.8. The Hall–Kier alpha value is -3.29. The van der Waals surface area contributed by atoms with Crippen LogP contribution in [0.3, 0.4) is 0 Å². The largest absolute Gasteiger partial charge is 0.489 e. The molecule has 1 aliphatic heterocycles. The molecular weight excluding hydrogens is 435 g/mol. The Morgan fingerprint density at radius 2 is 1.88 bits per heavy atom. The molecule has 1 amide bonds. The second-order valence-electron chi connectivity index (χ2n) is 7.28. The van der Waals surface area contributed by atoms with Gasteiger partial charge in [0.1, 0.15) is 24.3 Å². The van der Waals surface area contributed by atoms with E-state index in [-0.39, 0.29) is 30.0 Å². The first kappa shape index (κ1) is 21.9. The number of morpholine rings is 1. The zero-order chi connectivity index (χ0) is 22.5. The van der Waals surface area contributed by atoms with E-state index in [4.69, 9.17) is 21.1 Å². The molecule has 3 aromatic rings. The molecule has 1 aliphatic rings. The van der Waals surface area contributed by atoms with Gasteiger partial charge in [0, 0.05) is 29.9 Å². The summed E-state index contributed by atoms with van der Waals surface area (Å²) >= 11 is 5.92. The molecule has 0 radical (unpaired) electrons. The number of hydrogen-bond acceptors (Lipinski definition) is 5. The fourth-order valence-corrected chi connectivity index (χ4v) is 3.62. The topological polar surface area (TPSA) is 68.7 Å². The quantitative estimate of drug-likeness (QED) is 0.526. The van der Waals surface area contributed by atoms with Crippen LogP contribution in [0.15, 0.2) is 67.0 Å². The van der Waals surface area contributed by atoms with Crippen LogP contribution in [-0.4, -0.2) is 54.0 Å². The second-order valence-corrected chi connectivity index (χ2v) is 7.71. The van der Waals surface area contributed by atoms with E-state index in [1.54, 1.807) is 41.4 Å². The van der Waals surface area contributed by atoms with Crippen LogP contribution in [0, 0.1) is 5.82 Å². The van der Waals surface area contributed by atoms with E-state index < -0.39 is 5.82 Å². The lowest BCUT2D eigenvalue weighted by Gasteiger charge is -2.33. The zero-order valence-electron chi connectivity index (χ0n) is 17.0. The van der Waals surface area contributed by atoms with E-state index in [2.05, 4.69) is 4.98 Å². The van der Waals surface area contributed by atoms with Gasteiger partial charge < -0.3 is 14.4 Å². The van der Waals surface area contributed by atoms with Crippen molar-refractivity contribution in [2.24, 2.45) is 0 Å². The maximum atomic E-state index is 13.3. The van der Waals surface area contributed by atoms with Crippen molar-refractivity contribution >= 4 is 23.3 Å². The van der Waals surface area contributed by atoms with E-state index in [1.807, 2.05) is 0 Å². The Kier molecular flexibility index (Phi) is 6.78. The molecule has 0 aliphatic carbocycles. The molecule has 0 N–H and O–H groups in total. The SMILES string of the molecule is O=C(c1ccc(F)cc1)c1ccccc1C(=O)N1CCOC(COc2cncc(Cl)c2)C1. The summed E-state index contributed by atoms with van der Waals surface area (Å²) in [5, 5.41) is 0.464. The lowest BCUT2D eigenvalue weighted by molar-refractivity contribution is -0.0401. The van der Waals surface area contributed by atoms with E-state index in [0.717, 1.165) is 0 Å². The van der Waals surface area contributed by atoms with Gasteiger partial charge in [0.2, 0.25) is 0 Å². The monoisotopic (exact) mass is 454 g/mol. The van der Waals surface area contributed by atoms with Crippen molar-refractivity contribution in [3.8, 4) is 5.75 Å². The number of ketones is 1. The molecule has 1 saturated heterocycles. The number of pyridine rings is 1. The van der Waals surface area contributed by atoms with Gasteiger partial charge in [0.25, 0.3) is 5.91 Å². The summed E-state index contributed by atoms with van der Waals surface area (Å²) in [6.45, 7) is 1.28. The smallest absolute Gasteiger partial charge is 0.254 e. The lowest BCUT2D eigenvalue weighted by Crippen LogP contribution is -2.47. The molecule has 2 heterocycles. The van der Waals surface area contributed by atoms with Crippen molar-refractivity contribution in [1.82, 2.24) is 9.88 Å². The van der Waals surface area contributed by atoms with Gasteiger partial charge in [-0.3, -0.25) is 14.6 Å². The first-order valence-corrected chi connectivity index (χ1v) is 10.4. The molecule has 2 aromatic carbocycles. The molecule has 32 heavy (non-hydrogen) atoms. The summed E-state index contributed by atoms with van der Waals surface area (Å²) in [6.07, 6.45) is 2.72. The number of benzene rings is 2. The Labute approximate surface area is 189 Å². The predicted octanol–water partition coefficient (Wildman–Crippen LogP) is 4.03. The molecule has 164 valence electrons. The van der Waals surface area contributed by atoms with Crippen molar-refractivity contribution in [3.05, 3.63) is 94.5 Å². The van der Waals surface area contributed by atoms with Crippen LogP contribution in [0.25, 0.3) is 0 Å². The summed E-state index contributed by atoms with van der Waals surface area (Å²) in [4.78, 5) is 31.8. The number of carbonyl (C=O) groups is 2. The van der Waals surface area contributed by atoms with Gasteiger partial charge in [-0.1, -0.05) is 29.8 Å². The van der Waals surface area contributed by atoms with Crippen LogP contribution in [0.5, 0.6) is 5.75 Å². The average Bonchev–Trinajstić information content (AvgIpc) is 2.82. The third kappa shape index (κ3) is 5.12. The van der Waals surface area contributed by atoms with Gasteiger partial charge in [-0.25, -0.2) is 4.39 Å². The number of amides is 1. The highest BCUT2D eigenvalue weighted by Crippen LogP contribution is 2.20. The maximum absolute atomic E-state index is 13.3. The van der Waals surface area contributed by atoms with Crippen molar-refractivity contribution in [3.63, 3.8) is 0 Å². The first-order valence-electron chi connectivity index (χ1n) is 10.0. The molecule has 4 rings (SSSR count). The minimum Gasteiger partial charge on any atom is -0.489 e. The molecule has 6 nitrogen and oxygen atoms in total. The maximum Gasteiger partial charge on any atom is 0.254 e. The van der Waals surface area contributed by atoms with Gasteiger partial charge in [-0.2, -0.15) is 0 Å². The van der Waals surface area contributed by atoms with Crippen LogP contribution in [0.4, 0.5) is 4.39 Å². The van der Waals surface area contributed by atoms with Gasteiger partial charge in [0.15, 0.2) is 5.78 Å². The van der Waals surface area contributed by atoms with E-state index in [1.165, 1.54) is 30.5 Å². The first-order chi connectivity index (χ1) is 15.5. The Balaban J connectivity index is 1.47. The molecule has 0 bridgehead atoms. The van der Waals surface area contributed by atoms with Crippen LogP contribution < -0.4 is 4.74 Å². The van der Waals surface area contributed by atoms with E-state index in [9.17, 15) is 14.0 Å². The van der Waals surface area contributed by atoms with Crippen molar-refractivity contribution < 1.29 is 23.5 Å². The molecule has 1 fully saturated rings. The van der Waals surface area contributed by atoms with E-state index in [0.29, 0.717) is 41.6 Å². The Bertz CT molecular complexity index is 1120. The predicted molar refractivity (Wildman–Crippen MR) is 117 cm³/mol. The van der Waals surface area contributed by atoms with Gasteiger partial charge in [-0.15, -0.1) is 0 Å². The molecule has 1 unspecified atom stereocenters. The number of halogens is 2. The lowest BCUT2D eigenvalue weighted by atomic mass is 9.97. The Morgan fingerprint density at radius 1 is 1.12 bits per heavy atom. The molecule has 8 heteroatoms. The number of carbonyl (C=O) groups excluding carboxylic acids is 2. The summed E-state index contributed by atoms with van der Waals surface area (Å²) < 4.78 is 24.7. The van der Waals surface area contributed by atoms with Crippen LogP contribution in [-0.2, 0) is 4.74 Å². The highest BCUT2D eigenvalue weighted by atomic mass is 35.5. The standard InChI is InChI=1S/C24H20ClFN2O4/c25-17-11-19(13-27-12-17)32-15-20-14-28(9-10-31-20)24(30)22-4-2-1-3-21(22)23(29)16-5-7-18(26)8-6-16/h1-8,11-13,20H,9-10,14-15H2. The number of hydrogen-bond donors (Lipinski definition) is 0. The molecule has 1 atom stereocenters. The van der Waals surface area contributed by atoms with Crippen LogP contribution in [0.1, 0.15) is 26.3 Å². The fraction of sp³-hybridized carbons (Fsp3) is 0.208. The van der Waals surface area contributed by atoms with Crippen molar-refractivity contribution in [2.75, 3.05) is 26.3 Å². The number of aromatic nitrogens is 1. The highest BCUT2D eigenvalue weighted by molar-refractivity contribution is 6.30. The number of nitrogens with zero attached hydrogens (tertiary/aromatic N) is 2. The molecule has 1 aromatic heterocycles. The fourth-order valence-electron chi connectivity index (χ4n) is 3.46. The number of rotatable bonds is 6. The molecule has 0 saturated carbocycles. The molecular formula is C24H20ClFN2O4. The highest BCUT2D eigenvalue weighted by Gasteiger charge is 2.28. The summed E-state index contributed by atoms with van der Waals surface area (Å²) in [7, 11) is 0. The third-order valence-electron chi connectivity index (χ3n) is 5.05. The third-order valence-corrected chi connectivity index (χ3v) is 5.26. The van der Waals surface area contributed by atoms with E-state index >= 15 is 0 Å². The summed E-state index contributed by atoms with van der Waals surface area (Å²) in [5.74, 6) is -0.523. The summed E-state index contributed by atoms with van der Waals surface area (Å²) in [6, 6.07) is 13.5. The average molecular weight is 455 g/mol.